The number of carbonyl (C=O) groups excluding carboxylic acids is 1. The molecule has 2 aromatic carbocycles. The van der Waals surface area contributed by atoms with E-state index in [4.69, 9.17) is 23.2 Å². The Morgan fingerprint density at radius 1 is 1.22 bits per heavy atom. The predicted molar refractivity (Wildman–Crippen MR) is 95.2 cm³/mol. The van der Waals surface area contributed by atoms with Gasteiger partial charge in [0.25, 0.3) is 5.91 Å². The Hall–Kier alpha value is -1.43. The Bertz CT molecular complexity index is 731. The van der Waals surface area contributed by atoms with Gasteiger partial charge in [0, 0.05) is 28.7 Å². The number of anilines is 2. The molecule has 120 valence electrons. The molecule has 0 aromatic heterocycles. The molecule has 1 saturated heterocycles. The highest BCUT2D eigenvalue weighted by molar-refractivity contribution is 8.00. The maximum atomic E-state index is 13.4. The van der Waals surface area contributed by atoms with Crippen LogP contribution in [-0.2, 0) is 0 Å². The van der Waals surface area contributed by atoms with Gasteiger partial charge in [0.2, 0.25) is 0 Å². The van der Waals surface area contributed by atoms with Gasteiger partial charge in [0.1, 0.15) is 5.82 Å². The van der Waals surface area contributed by atoms with Crippen molar-refractivity contribution in [2.24, 2.45) is 0 Å². The molecule has 0 unspecified atom stereocenters. The van der Waals surface area contributed by atoms with E-state index in [1.54, 1.807) is 24.1 Å². The summed E-state index contributed by atoms with van der Waals surface area (Å²) >= 11 is 13.7. The first-order valence-electron chi connectivity index (χ1n) is 7.00. The van der Waals surface area contributed by atoms with Crippen molar-refractivity contribution in [1.82, 2.24) is 0 Å². The topological polar surface area (TPSA) is 32.3 Å². The minimum Gasteiger partial charge on any atom is -0.322 e. The third-order valence-electron chi connectivity index (χ3n) is 3.36. The summed E-state index contributed by atoms with van der Waals surface area (Å²) < 4.78 is 15.5. The summed E-state index contributed by atoms with van der Waals surface area (Å²) in [6.45, 7) is 0.937. The monoisotopic (exact) mass is 370 g/mol. The molecule has 23 heavy (non-hydrogen) atoms. The normalized spacial score (nSPS) is 14.1. The van der Waals surface area contributed by atoms with E-state index in [2.05, 4.69) is 9.62 Å². The van der Waals surface area contributed by atoms with Crippen LogP contribution in [0, 0.1) is 5.82 Å². The summed E-state index contributed by atoms with van der Waals surface area (Å²) in [5, 5.41) is 3.19. The molecule has 1 aliphatic rings. The molecule has 7 heteroatoms. The first-order valence-corrected chi connectivity index (χ1v) is 8.70. The number of benzene rings is 2. The molecule has 3 nitrogen and oxygen atoms in total. The summed E-state index contributed by atoms with van der Waals surface area (Å²) in [4.78, 5) is 12.4. The zero-order chi connectivity index (χ0) is 16.4. The van der Waals surface area contributed by atoms with Gasteiger partial charge in [0.15, 0.2) is 0 Å². The number of hydrogen-bond donors (Lipinski definition) is 1. The third kappa shape index (κ3) is 3.91. The molecule has 0 saturated carbocycles. The van der Waals surface area contributed by atoms with E-state index in [-0.39, 0.29) is 10.7 Å². The fourth-order valence-electron chi connectivity index (χ4n) is 2.32. The Morgan fingerprint density at radius 3 is 2.74 bits per heavy atom. The van der Waals surface area contributed by atoms with E-state index in [0.717, 1.165) is 24.4 Å². The van der Waals surface area contributed by atoms with Crippen molar-refractivity contribution in [3.05, 3.63) is 57.8 Å². The number of carbonyl (C=O) groups is 1. The van der Waals surface area contributed by atoms with Crippen LogP contribution in [0.1, 0.15) is 16.8 Å². The lowest BCUT2D eigenvalue weighted by molar-refractivity contribution is 0.102. The lowest BCUT2D eigenvalue weighted by atomic mass is 10.1. The van der Waals surface area contributed by atoms with E-state index in [9.17, 15) is 9.18 Å². The lowest BCUT2D eigenvalue weighted by Gasteiger charge is -2.17. The van der Waals surface area contributed by atoms with E-state index in [1.165, 1.54) is 18.2 Å². The van der Waals surface area contributed by atoms with Crippen LogP contribution in [0.15, 0.2) is 36.4 Å². The van der Waals surface area contributed by atoms with E-state index in [1.807, 2.05) is 6.07 Å². The Balaban J connectivity index is 1.84. The molecule has 1 N–H and O–H groups in total. The highest BCUT2D eigenvalue weighted by atomic mass is 35.5. The number of halogens is 3. The molecule has 0 bridgehead atoms. The molecule has 0 atom stereocenters. The van der Waals surface area contributed by atoms with Crippen LogP contribution in [0.5, 0.6) is 0 Å². The number of rotatable bonds is 3. The molecule has 0 spiro atoms. The van der Waals surface area contributed by atoms with Gasteiger partial charge >= 0.3 is 0 Å². The van der Waals surface area contributed by atoms with Crippen molar-refractivity contribution in [1.29, 1.82) is 0 Å². The summed E-state index contributed by atoms with van der Waals surface area (Å²) in [5.74, 6) is 0.148. The minimum atomic E-state index is -0.513. The van der Waals surface area contributed by atoms with Gasteiger partial charge < -0.3 is 9.62 Å². The summed E-state index contributed by atoms with van der Waals surface area (Å²) in [6.07, 6.45) is 1.11. The molecular formula is C16H13Cl2FN2OS. The third-order valence-corrected chi connectivity index (χ3v) is 5.08. The molecule has 3 rings (SSSR count). The van der Waals surface area contributed by atoms with Gasteiger partial charge in [-0.15, -0.1) is 0 Å². The zero-order valence-electron chi connectivity index (χ0n) is 12.0. The maximum absolute atomic E-state index is 13.4. The van der Waals surface area contributed by atoms with Crippen molar-refractivity contribution in [2.45, 2.75) is 6.42 Å². The van der Waals surface area contributed by atoms with Gasteiger partial charge in [-0.05, 0) is 54.8 Å². The largest absolute Gasteiger partial charge is 0.322 e. The molecule has 1 heterocycles. The summed E-state index contributed by atoms with van der Waals surface area (Å²) in [6, 6.07) is 9.19. The average molecular weight is 371 g/mol. The second-order valence-electron chi connectivity index (χ2n) is 5.07. The van der Waals surface area contributed by atoms with Crippen LogP contribution < -0.4 is 9.62 Å². The van der Waals surface area contributed by atoms with E-state index >= 15 is 0 Å². The van der Waals surface area contributed by atoms with Crippen molar-refractivity contribution in [3.63, 3.8) is 0 Å². The minimum absolute atomic E-state index is 0.216. The second kappa shape index (κ2) is 6.99. The van der Waals surface area contributed by atoms with Crippen molar-refractivity contribution < 1.29 is 9.18 Å². The molecule has 0 aliphatic carbocycles. The quantitative estimate of drug-likeness (QED) is 0.749. The van der Waals surface area contributed by atoms with Crippen LogP contribution in [0.2, 0.25) is 10.0 Å². The molecule has 2 aromatic rings. The van der Waals surface area contributed by atoms with Gasteiger partial charge in [-0.25, -0.2) is 4.39 Å². The smallest absolute Gasteiger partial charge is 0.257 e. The van der Waals surface area contributed by atoms with Gasteiger partial charge in [-0.2, -0.15) is 0 Å². The van der Waals surface area contributed by atoms with Gasteiger partial charge in [-0.1, -0.05) is 23.2 Å². The van der Waals surface area contributed by atoms with Crippen LogP contribution >= 0.6 is 35.1 Å². The predicted octanol–water partition coefficient (Wildman–Crippen LogP) is 5.24. The van der Waals surface area contributed by atoms with Crippen molar-refractivity contribution in [3.8, 4) is 0 Å². The SMILES string of the molecule is O=C(Nc1cc(F)cc(Cl)c1)c1cc(N2CCCS2)ccc1Cl. The number of nitrogens with one attached hydrogen (secondary N) is 1. The molecular weight excluding hydrogens is 358 g/mol. The molecule has 0 radical (unpaired) electrons. The lowest BCUT2D eigenvalue weighted by Crippen LogP contribution is -2.15. The van der Waals surface area contributed by atoms with E-state index < -0.39 is 11.7 Å². The molecule has 1 aliphatic heterocycles. The zero-order valence-corrected chi connectivity index (χ0v) is 14.3. The fraction of sp³-hybridized carbons (Fsp3) is 0.188. The van der Waals surface area contributed by atoms with Crippen molar-refractivity contribution >= 4 is 52.4 Å². The number of hydrogen-bond acceptors (Lipinski definition) is 3. The van der Waals surface area contributed by atoms with Gasteiger partial charge in [-0.3, -0.25) is 4.79 Å². The van der Waals surface area contributed by atoms with Crippen LogP contribution in [0.4, 0.5) is 15.8 Å². The van der Waals surface area contributed by atoms with Crippen LogP contribution in [-0.4, -0.2) is 18.2 Å². The molecule has 1 fully saturated rings. The first kappa shape index (κ1) is 16.4. The molecule has 1 amide bonds. The van der Waals surface area contributed by atoms with Crippen LogP contribution in [0.25, 0.3) is 0 Å². The average Bonchev–Trinajstić information content (AvgIpc) is 3.00. The Labute approximate surface area is 147 Å². The number of nitrogens with zero attached hydrogens (tertiary/aromatic N) is 1. The highest BCUT2D eigenvalue weighted by Gasteiger charge is 2.18. The Kier molecular flexibility index (Phi) is 4.99. The van der Waals surface area contributed by atoms with E-state index in [0.29, 0.717) is 10.6 Å². The van der Waals surface area contributed by atoms with Gasteiger partial charge in [0.05, 0.1) is 10.6 Å². The summed E-state index contributed by atoms with van der Waals surface area (Å²) in [7, 11) is 0. The van der Waals surface area contributed by atoms with Crippen molar-refractivity contribution in [2.75, 3.05) is 21.9 Å². The first-order chi connectivity index (χ1) is 11.0. The summed E-state index contributed by atoms with van der Waals surface area (Å²) in [5.41, 5.74) is 1.56. The fourth-order valence-corrected chi connectivity index (χ4v) is 3.74. The standard InChI is InChI=1S/C16H13Cl2FN2OS/c17-10-6-11(19)8-12(7-10)20-16(22)14-9-13(2-3-15(14)18)21-4-1-5-23-21/h2-3,6-9H,1,4-5H2,(H,20,22). The second-order valence-corrected chi connectivity index (χ2v) is 7.02. The van der Waals surface area contributed by atoms with Crippen LogP contribution in [0.3, 0.4) is 0 Å². The Morgan fingerprint density at radius 2 is 2.04 bits per heavy atom. The maximum Gasteiger partial charge on any atom is 0.257 e. The number of amides is 1. The highest BCUT2D eigenvalue weighted by Crippen LogP contribution is 2.31.